The van der Waals surface area contributed by atoms with Crippen LogP contribution in [0.5, 0.6) is 5.75 Å². The van der Waals surface area contributed by atoms with E-state index in [-0.39, 0.29) is 48.3 Å². The van der Waals surface area contributed by atoms with E-state index in [0.717, 1.165) is 33.7 Å². The summed E-state index contributed by atoms with van der Waals surface area (Å²) in [5.74, 6) is -0.00513. The van der Waals surface area contributed by atoms with E-state index in [1.807, 2.05) is 78.9 Å². The highest BCUT2D eigenvalue weighted by Crippen LogP contribution is 2.60. The number of hydrogen-bond acceptors (Lipinski definition) is 7. The van der Waals surface area contributed by atoms with Gasteiger partial charge in [-0.25, -0.2) is 0 Å². The SMILES string of the molecule is COc1ccc([Si](C)(C)[C@H]2[C@H](CC(=O)N3Cc4ccccc4C[C@H]3CO)O[C@@]3(C(=O)N(Cc4ccc(NC(=O)c5ccc(N)cc5)cc4)c4ccccc43)[C@@H]2C)cc1. The first-order chi connectivity index (χ1) is 27.9. The normalized spacial score (nSPS) is 22.5. The molecule has 5 aromatic rings. The van der Waals surface area contributed by atoms with Crippen LogP contribution in [0.2, 0.25) is 18.6 Å². The minimum absolute atomic E-state index is 0.0843. The lowest BCUT2D eigenvalue weighted by atomic mass is 9.82. The number of aliphatic hydroxyl groups excluding tert-OH is 1. The second-order valence-corrected chi connectivity index (χ2v) is 21.1. The summed E-state index contributed by atoms with van der Waals surface area (Å²) in [5, 5.41) is 14.6. The van der Waals surface area contributed by atoms with Crippen molar-refractivity contribution in [1.29, 1.82) is 0 Å². The van der Waals surface area contributed by atoms with Crippen molar-refractivity contribution >= 4 is 48.0 Å². The number of carbonyl (C=O) groups is 3. The van der Waals surface area contributed by atoms with Gasteiger partial charge in [-0.2, -0.15) is 0 Å². The first-order valence-corrected chi connectivity index (χ1v) is 23.0. The largest absolute Gasteiger partial charge is 0.497 e. The summed E-state index contributed by atoms with van der Waals surface area (Å²) >= 11 is 0. The molecule has 3 aliphatic heterocycles. The van der Waals surface area contributed by atoms with E-state index in [1.54, 1.807) is 41.2 Å². The van der Waals surface area contributed by atoms with Crippen molar-refractivity contribution in [2.75, 3.05) is 29.7 Å². The first kappa shape index (κ1) is 39.1. The van der Waals surface area contributed by atoms with Crippen molar-refractivity contribution in [2.45, 2.75) is 69.2 Å². The third-order valence-electron chi connectivity index (χ3n) is 12.7. The Morgan fingerprint density at radius 2 is 1.59 bits per heavy atom. The van der Waals surface area contributed by atoms with Gasteiger partial charge in [0.1, 0.15) is 5.75 Å². The van der Waals surface area contributed by atoms with E-state index in [1.165, 1.54) is 5.19 Å². The van der Waals surface area contributed by atoms with Gasteiger partial charge in [-0.05, 0) is 83.2 Å². The monoisotopic (exact) mass is 794 g/mol. The van der Waals surface area contributed by atoms with Crippen LogP contribution in [0.4, 0.5) is 17.1 Å². The third kappa shape index (κ3) is 6.86. The number of methoxy groups -OCH3 is 1. The summed E-state index contributed by atoms with van der Waals surface area (Å²) in [5.41, 5.74) is 10.7. The predicted molar refractivity (Wildman–Crippen MR) is 229 cm³/mol. The highest BCUT2D eigenvalue weighted by molar-refractivity contribution is 6.91. The molecule has 1 saturated heterocycles. The summed E-state index contributed by atoms with van der Waals surface area (Å²) in [7, 11) is -0.856. The van der Waals surface area contributed by atoms with Crippen LogP contribution in [0.15, 0.2) is 121 Å². The maximum Gasteiger partial charge on any atom is 0.264 e. The van der Waals surface area contributed by atoms with Crippen molar-refractivity contribution in [3.63, 3.8) is 0 Å². The highest BCUT2D eigenvalue weighted by Gasteiger charge is 2.66. The maximum atomic E-state index is 15.3. The molecule has 298 valence electrons. The minimum Gasteiger partial charge on any atom is -0.497 e. The molecule has 3 aliphatic rings. The number of aliphatic hydroxyl groups is 1. The molecule has 11 heteroatoms. The van der Waals surface area contributed by atoms with Gasteiger partial charge < -0.3 is 35.4 Å². The molecule has 3 heterocycles. The van der Waals surface area contributed by atoms with Gasteiger partial charge in [0.2, 0.25) is 5.91 Å². The molecule has 10 nitrogen and oxygen atoms in total. The molecule has 0 aliphatic carbocycles. The Labute approximate surface area is 340 Å². The fourth-order valence-electron chi connectivity index (χ4n) is 9.67. The van der Waals surface area contributed by atoms with E-state index in [2.05, 4.69) is 43.5 Å². The Balaban J connectivity index is 1.11. The average molecular weight is 795 g/mol. The Morgan fingerprint density at radius 3 is 2.28 bits per heavy atom. The number of nitrogens with two attached hydrogens (primary N) is 1. The Kier molecular flexibility index (Phi) is 10.5. The van der Waals surface area contributed by atoms with Gasteiger partial charge in [0.15, 0.2) is 5.60 Å². The van der Waals surface area contributed by atoms with Gasteiger partial charge in [0.25, 0.3) is 11.8 Å². The lowest BCUT2D eigenvalue weighted by Crippen LogP contribution is -2.52. The number of carbonyl (C=O) groups excluding carboxylic acids is 3. The number of nitrogens with one attached hydrogen (secondary N) is 1. The number of rotatable bonds is 10. The third-order valence-corrected chi connectivity index (χ3v) is 17.1. The Bertz CT molecular complexity index is 2330. The fourth-order valence-corrected chi connectivity index (χ4v) is 13.7. The number of fused-ring (bicyclic) bond motifs is 3. The number of benzene rings is 5. The maximum absolute atomic E-state index is 15.3. The molecule has 1 fully saturated rings. The van der Waals surface area contributed by atoms with Gasteiger partial charge in [-0.1, -0.05) is 91.9 Å². The van der Waals surface area contributed by atoms with Gasteiger partial charge >= 0.3 is 0 Å². The molecule has 0 bridgehead atoms. The molecule has 0 aromatic heterocycles. The highest BCUT2D eigenvalue weighted by atomic mass is 28.3. The molecule has 4 N–H and O–H groups in total. The fraction of sp³-hybridized carbons (Fsp3) is 0.298. The summed E-state index contributed by atoms with van der Waals surface area (Å²) < 4.78 is 12.8. The van der Waals surface area contributed by atoms with E-state index >= 15 is 4.79 Å². The van der Waals surface area contributed by atoms with Crippen LogP contribution in [0.1, 0.15) is 46.0 Å². The molecule has 3 amide bonds. The van der Waals surface area contributed by atoms with Gasteiger partial charge in [-0.15, -0.1) is 0 Å². The molecule has 5 atom stereocenters. The topological polar surface area (TPSA) is 134 Å². The van der Waals surface area contributed by atoms with Crippen molar-refractivity contribution in [3.8, 4) is 5.75 Å². The van der Waals surface area contributed by atoms with Crippen LogP contribution >= 0.6 is 0 Å². The quantitative estimate of drug-likeness (QED) is 0.107. The summed E-state index contributed by atoms with van der Waals surface area (Å²) in [4.78, 5) is 46.3. The second-order valence-electron chi connectivity index (χ2n) is 16.4. The van der Waals surface area contributed by atoms with Crippen LogP contribution in [-0.2, 0) is 39.4 Å². The van der Waals surface area contributed by atoms with Crippen molar-refractivity contribution in [3.05, 3.63) is 149 Å². The Hall–Kier alpha value is -5.75. The van der Waals surface area contributed by atoms with Crippen LogP contribution in [0, 0.1) is 5.92 Å². The molecule has 5 aromatic carbocycles. The summed E-state index contributed by atoms with van der Waals surface area (Å²) in [6.45, 7) is 7.30. The van der Waals surface area contributed by atoms with Crippen molar-refractivity contribution in [2.24, 2.45) is 5.92 Å². The van der Waals surface area contributed by atoms with Gasteiger partial charge in [0, 0.05) is 35.0 Å². The van der Waals surface area contributed by atoms with E-state index in [9.17, 15) is 14.7 Å². The number of nitrogen functional groups attached to an aromatic ring is 1. The van der Waals surface area contributed by atoms with Crippen LogP contribution in [0.25, 0.3) is 0 Å². The zero-order valence-corrected chi connectivity index (χ0v) is 34.4. The average Bonchev–Trinajstić information content (AvgIpc) is 3.66. The number of anilines is 3. The number of nitrogens with zero attached hydrogens (tertiary/aromatic N) is 2. The van der Waals surface area contributed by atoms with Crippen LogP contribution in [0.3, 0.4) is 0 Å². The molecular weight excluding hydrogens is 745 g/mol. The number of para-hydroxylation sites is 1. The summed E-state index contributed by atoms with van der Waals surface area (Å²) in [6, 6.07) is 38.0. The van der Waals surface area contributed by atoms with Crippen molar-refractivity contribution in [1.82, 2.24) is 4.90 Å². The molecular formula is C47H50N4O6Si. The second kappa shape index (κ2) is 15.5. The van der Waals surface area contributed by atoms with Crippen LogP contribution < -0.4 is 25.9 Å². The lowest BCUT2D eigenvalue weighted by Gasteiger charge is -2.39. The summed E-state index contributed by atoms with van der Waals surface area (Å²) in [6.07, 6.45) is 0.0982. The molecule has 0 unspecified atom stereocenters. The van der Waals surface area contributed by atoms with E-state index in [0.29, 0.717) is 36.4 Å². The zero-order valence-electron chi connectivity index (χ0n) is 33.4. The number of amides is 3. The van der Waals surface area contributed by atoms with Crippen molar-refractivity contribution < 1.29 is 29.0 Å². The minimum atomic E-state index is -2.51. The lowest BCUT2D eigenvalue weighted by molar-refractivity contribution is -0.151. The van der Waals surface area contributed by atoms with Crippen LogP contribution in [-0.4, -0.2) is 61.7 Å². The number of hydrogen-bond donors (Lipinski definition) is 3. The number of ether oxygens (including phenoxy) is 2. The van der Waals surface area contributed by atoms with Gasteiger partial charge in [-0.3, -0.25) is 14.4 Å². The Morgan fingerprint density at radius 1 is 0.914 bits per heavy atom. The van der Waals surface area contributed by atoms with E-state index in [4.69, 9.17) is 15.2 Å². The molecule has 0 radical (unpaired) electrons. The van der Waals surface area contributed by atoms with E-state index < -0.39 is 19.8 Å². The molecule has 1 spiro atoms. The van der Waals surface area contributed by atoms with Gasteiger partial charge in [0.05, 0.1) is 52.6 Å². The molecule has 58 heavy (non-hydrogen) atoms. The predicted octanol–water partition coefficient (Wildman–Crippen LogP) is 6.63. The smallest absolute Gasteiger partial charge is 0.264 e. The first-order valence-electron chi connectivity index (χ1n) is 19.9. The molecule has 8 rings (SSSR count). The standard InChI is InChI=1S/C47H50N4O6Si/c1-30-44(58(3,4)39-23-21-38(56-2)22-24-39)42(26-43(53)50-28-34-10-6-5-9-33(34)25-37(50)29-52)57-47(30)40-11-7-8-12-41(40)51(46(47)55)27-31-13-19-36(20-14-31)49-45(54)32-15-17-35(48)18-16-32/h5-24,30,37,42,44,52H,25-29,48H2,1-4H3,(H,49,54)/t30-,37+,42+,44-,47+/m1/s1. The molecule has 0 saturated carbocycles. The zero-order chi connectivity index (χ0) is 40.8.